The minimum Gasteiger partial charge on any atom is -0.394 e. The van der Waals surface area contributed by atoms with Crippen molar-refractivity contribution >= 4 is 0 Å². The molecule has 4 N–H and O–H groups in total. The van der Waals surface area contributed by atoms with E-state index in [4.69, 9.17) is 9.84 Å². The molecule has 23 heavy (non-hydrogen) atoms. The first-order valence-electron chi connectivity index (χ1n) is 7.71. The molecule has 0 saturated heterocycles. The van der Waals surface area contributed by atoms with Crippen molar-refractivity contribution in [2.75, 3.05) is 6.61 Å². The SMILES string of the molecule is C.Cc1ccc(CCC(O)C(O)C(OC(C)C)C(O)CO)cc1. The Morgan fingerprint density at radius 1 is 1.00 bits per heavy atom. The van der Waals surface area contributed by atoms with Crippen LogP contribution in [0.1, 0.15) is 38.8 Å². The zero-order valence-corrected chi connectivity index (χ0v) is 13.5. The molecular weight excluding hydrogens is 296 g/mol. The third-order valence-electron chi connectivity index (χ3n) is 3.58. The molecular formula is C18H32O5. The van der Waals surface area contributed by atoms with Crippen LogP contribution in [0.3, 0.4) is 0 Å². The topological polar surface area (TPSA) is 90.2 Å². The van der Waals surface area contributed by atoms with Gasteiger partial charge in [-0.1, -0.05) is 37.3 Å². The molecule has 0 bridgehead atoms. The first-order valence-corrected chi connectivity index (χ1v) is 7.71. The number of benzene rings is 1. The molecule has 0 heterocycles. The second-order valence-electron chi connectivity index (χ2n) is 5.98. The van der Waals surface area contributed by atoms with Crippen molar-refractivity contribution in [3.63, 3.8) is 0 Å². The summed E-state index contributed by atoms with van der Waals surface area (Å²) in [5, 5.41) is 39.2. The van der Waals surface area contributed by atoms with Gasteiger partial charge in [-0.15, -0.1) is 0 Å². The summed E-state index contributed by atoms with van der Waals surface area (Å²) >= 11 is 0. The van der Waals surface area contributed by atoms with Gasteiger partial charge in [-0.05, 0) is 39.2 Å². The molecule has 1 rings (SSSR count). The van der Waals surface area contributed by atoms with Crippen LogP contribution in [0.4, 0.5) is 0 Å². The highest BCUT2D eigenvalue weighted by molar-refractivity contribution is 5.21. The Kier molecular flexibility index (Phi) is 10.3. The summed E-state index contributed by atoms with van der Waals surface area (Å²) in [5.41, 5.74) is 2.24. The summed E-state index contributed by atoms with van der Waals surface area (Å²) in [6.45, 7) is 5.01. The molecule has 0 aliphatic carbocycles. The smallest absolute Gasteiger partial charge is 0.114 e. The van der Waals surface area contributed by atoms with Gasteiger partial charge in [0.25, 0.3) is 0 Å². The molecule has 0 aliphatic heterocycles. The predicted octanol–water partition coefficient (Wildman–Crippen LogP) is 1.43. The molecule has 5 heteroatoms. The fourth-order valence-electron chi connectivity index (χ4n) is 2.28. The maximum Gasteiger partial charge on any atom is 0.114 e. The molecule has 5 nitrogen and oxygen atoms in total. The molecule has 4 unspecified atom stereocenters. The zero-order valence-electron chi connectivity index (χ0n) is 13.5. The second-order valence-corrected chi connectivity index (χ2v) is 5.98. The molecule has 1 aromatic carbocycles. The van der Waals surface area contributed by atoms with E-state index in [1.807, 2.05) is 31.2 Å². The van der Waals surface area contributed by atoms with Crippen LogP contribution < -0.4 is 0 Å². The average Bonchev–Trinajstić information content (AvgIpc) is 2.50. The summed E-state index contributed by atoms with van der Waals surface area (Å²) in [7, 11) is 0. The number of aliphatic hydroxyl groups is 4. The van der Waals surface area contributed by atoms with Crippen LogP contribution in [0, 0.1) is 6.92 Å². The molecule has 0 amide bonds. The van der Waals surface area contributed by atoms with Crippen LogP contribution in [-0.2, 0) is 11.2 Å². The second kappa shape index (κ2) is 10.7. The van der Waals surface area contributed by atoms with Gasteiger partial charge in [-0.3, -0.25) is 0 Å². The molecule has 134 valence electrons. The van der Waals surface area contributed by atoms with Gasteiger partial charge in [0.05, 0.1) is 18.8 Å². The highest BCUT2D eigenvalue weighted by Crippen LogP contribution is 2.16. The normalized spacial score (nSPS) is 16.5. The van der Waals surface area contributed by atoms with E-state index >= 15 is 0 Å². The molecule has 0 fully saturated rings. The van der Waals surface area contributed by atoms with Gasteiger partial charge in [0, 0.05) is 0 Å². The summed E-state index contributed by atoms with van der Waals surface area (Å²) < 4.78 is 5.43. The van der Waals surface area contributed by atoms with Crippen LogP contribution >= 0.6 is 0 Å². The average molecular weight is 328 g/mol. The van der Waals surface area contributed by atoms with Crippen molar-refractivity contribution in [3.05, 3.63) is 35.4 Å². The van der Waals surface area contributed by atoms with Gasteiger partial charge < -0.3 is 25.2 Å². The van der Waals surface area contributed by atoms with E-state index in [1.54, 1.807) is 13.8 Å². The third-order valence-corrected chi connectivity index (χ3v) is 3.58. The maximum absolute atomic E-state index is 10.2. The molecule has 0 spiro atoms. The number of hydrogen-bond acceptors (Lipinski definition) is 5. The molecule has 1 aromatic rings. The van der Waals surface area contributed by atoms with Gasteiger partial charge in [-0.25, -0.2) is 0 Å². The molecule has 0 aromatic heterocycles. The lowest BCUT2D eigenvalue weighted by Gasteiger charge is -2.31. The third kappa shape index (κ3) is 7.42. The Morgan fingerprint density at radius 2 is 1.57 bits per heavy atom. The zero-order chi connectivity index (χ0) is 16.7. The van der Waals surface area contributed by atoms with Crippen LogP contribution in [0.25, 0.3) is 0 Å². The molecule has 0 radical (unpaired) electrons. The number of hydrogen-bond donors (Lipinski definition) is 4. The Hall–Kier alpha value is -0.980. The number of ether oxygens (including phenoxy) is 1. The van der Waals surface area contributed by atoms with E-state index in [0.29, 0.717) is 12.8 Å². The van der Waals surface area contributed by atoms with E-state index in [0.717, 1.165) is 5.56 Å². The Labute approximate surface area is 139 Å². The molecule has 4 atom stereocenters. The first-order chi connectivity index (χ1) is 10.3. The first kappa shape index (κ1) is 22.0. The van der Waals surface area contributed by atoms with Crippen molar-refractivity contribution in [2.24, 2.45) is 0 Å². The maximum atomic E-state index is 10.2. The van der Waals surface area contributed by atoms with Gasteiger partial charge >= 0.3 is 0 Å². The summed E-state index contributed by atoms with van der Waals surface area (Å²) in [4.78, 5) is 0. The van der Waals surface area contributed by atoms with E-state index in [-0.39, 0.29) is 13.5 Å². The lowest BCUT2D eigenvalue weighted by atomic mass is 9.97. The standard InChI is InChI=1S/C17H28O5.CH4/c1-11(2)22-17(15(20)10-18)16(21)14(19)9-8-13-6-4-12(3)5-7-13;/h4-7,11,14-21H,8-10H2,1-3H3;1H4. The van der Waals surface area contributed by atoms with Crippen molar-refractivity contribution < 1.29 is 25.2 Å². The molecule has 0 saturated carbocycles. The Bertz CT molecular complexity index is 418. The van der Waals surface area contributed by atoms with Crippen LogP contribution in [0.15, 0.2) is 24.3 Å². The van der Waals surface area contributed by atoms with Crippen molar-refractivity contribution in [3.8, 4) is 0 Å². The van der Waals surface area contributed by atoms with E-state index in [9.17, 15) is 15.3 Å². The van der Waals surface area contributed by atoms with Crippen LogP contribution in [0.5, 0.6) is 0 Å². The van der Waals surface area contributed by atoms with Crippen LogP contribution in [0.2, 0.25) is 0 Å². The largest absolute Gasteiger partial charge is 0.394 e. The number of rotatable bonds is 9. The quantitative estimate of drug-likeness (QED) is 0.551. The minimum atomic E-state index is -1.25. The monoisotopic (exact) mass is 328 g/mol. The van der Waals surface area contributed by atoms with Crippen molar-refractivity contribution in [1.82, 2.24) is 0 Å². The minimum absolute atomic E-state index is 0. The highest BCUT2D eigenvalue weighted by Gasteiger charge is 2.33. The van der Waals surface area contributed by atoms with Crippen molar-refractivity contribution in [2.45, 2.75) is 71.6 Å². The van der Waals surface area contributed by atoms with Gasteiger partial charge in [0.15, 0.2) is 0 Å². The number of aliphatic hydroxyl groups excluding tert-OH is 4. The summed E-state index contributed by atoms with van der Waals surface area (Å²) in [6, 6.07) is 7.97. The van der Waals surface area contributed by atoms with E-state index < -0.39 is 31.0 Å². The fourth-order valence-corrected chi connectivity index (χ4v) is 2.28. The highest BCUT2D eigenvalue weighted by atomic mass is 16.5. The lowest BCUT2D eigenvalue weighted by molar-refractivity contribution is -0.157. The van der Waals surface area contributed by atoms with Gasteiger partial charge in [-0.2, -0.15) is 0 Å². The van der Waals surface area contributed by atoms with Gasteiger partial charge in [0.2, 0.25) is 0 Å². The number of aryl methyl sites for hydroxylation is 2. The van der Waals surface area contributed by atoms with Crippen molar-refractivity contribution in [1.29, 1.82) is 0 Å². The van der Waals surface area contributed by atoms with E-state index in [2.05, 4.69) is 0 Å². The Balaban J connectivity index is 0.00000484. The van der Waals surface area contributed by atoms with Gasteiger partial charge in [0.1, 0.15) is 18.3 Å². The fraction of sp³-hybridized carbons (Fsp3) is 0.667. The molecule has 0 aliphatic rings. The summed E-state index contributed by atoms with van der Waals surface area (Å²) in [6.07, 6.45) is -3.81. The van der Waals surface area contributed by atoms with Crippen LogP contribution in [-0.4, -0.2) is 57.6 Å². The predicted molar refractivity (Wildman–Crippen MR) is 91.3 cm³/mol. The Morgan fingerprint density at radius 3 is 2.04 bits per heavy atom. The summed E-state index contributed by atoms with van der Waals surface area (Å²) in [5.74, 6) is 0. The van der Waals surface area contributed by atoms with E-state index in [1.165, 1.54) is 5.56 Å². The lowest BCUT2D eigenvalue weighted by Crippen LogP contribution is -2.48.